The molecular weight excluding hydrogens is 278 g/mol. The number of nitrogens with zero attached hydrogens (tertiary/aromatic N) is 1. The number of thioether (sulfide) groups is 1. The van der Waals surface area contributed by atoms with Crippen LogP contribution >= 0.6 is 24.0 Å². The first kappa shape index (κ1) is 12.7. The van der Waals surface area contributed by atoms with Crippen molar-refractivity contribution >= 4 is 34.9 Å². The van der Waals surface area contributed by atoms with Crippen LogP contribution in [0.2, 0.25) is 0 Å². The van der Waals surface area contributed by atoms with Gasteiger partial charge < -0.3 is 9.64 Å². The van der Waals surface area contributed by atoms with Crippen LogP contribution in [0.5, 0.6) is 0 Å². The van der Waals surface area contributed by atoms with Crippen molar-refractivity contribution in [2.45, 2.75) is 25.3 Å². The number of hydrogen-bond donors (Lipinski definition) is 0. The van der Waals surface area contributed by atoms with Gasteiger partial charge in [-0.1, -0.05) is 42.5 Å². The highest BCUT2D eigenvalue weighted by Gasteiger charge is 2.45. The van der Waals surface area contributed by atoms with Gasteiger partial charge in [0.25, 0.3) is 0 Å². The van der Waals surface area contributed by atoms with Crippen molar-refractivity contribution in [2.24, 2.45) is 0 Å². The van der Waals surface area contributed by atoms with E-state index in [1.807, 2.05) is 42.2 Å². The summed E-state index contributed by atoms with van der Waals surface area (Å²) in [6.45, 7) is 2.25. The Hall–Kier alpha value is -1.33. The van der Waals surface area contributed by atoms with Crippen molar-refractivity contribution in [3.8, 4) is 0 Å². The lowest BCUT2D eigenvalue weighted by atomic mass is 10.2. The van der Waals surface area contributed by atoms with Gasteiger partial charge in [0, 0.05) is 11.3 Å². The third-order valence-corrected chi connectivity index (χ3v) is 4.76. The highest BCUT2D eigenvalue weighted by Crippen LogP contribution is 2.46. The first-order valence-corrected chi connectivity index (χ1v) is 7.36. The standard InChI is InChI=1S/C14H13NO2S2/c1-9-13(15-11(18)7-12(15)19-9)14(16)17-8-10-5-3-2-4-6-10/h2-6,12H,7-8H2,1H3/t12-/m0/s1. The van der Waals surface area contributed by atoms with E-state index in [1.165, 1.54) is 0 Å². The van der Waals surface area contributed by atoms with Gasteiger partial charge in [-0.3, -0.25) is 0 Å². The number of ether oxygens (including phenoxy) is 1. The van der Waals surface area contributed by atoms with Gasteiger partial charge in [0.1, 0.15) is 12.3 Å². The summed E-state index contributed by atoms with van der Waals surface area (Å²) in [6, 6.07) is 9.68. The lowest BCUT2D eigenvalue weighted by Gasteiger charge is -2.37. The second-order valence-corrected chi connectivity index (χ2v) is 6.37. The maximum Gasteiger partial charge on any atom is 0.356 e. The Labute approximate surface area is 121 Å². The van der Waals surface area contributed by atoms with Crippen molar-refractivity contribution in [1.29, 1.82) is 0 Å². The molecule has 2 aliphatic rings. The number of hydrogen-bond acceptors (Lipinski definition) is 4. The Kier molecular flexibility index (Phi) is 3.33. The lowest BCUT2D eigenvalue weighted by Crippen LogP contribution is -2.47. The van der Waals surface area contributed by atoms with Crippen molar-refractivity contribution in [3.05, 3.63) is 46.5 Å². The molecule has 0 radical (unpaired) electrons. The third-order valence-electron chi connectivity index (χ3n) is 3.20. The minimum atomic E-state index is -0.279. The van der Waals surface area contributed by atoms with Crippen LogP contribution < -0.4 is 0 Å². The molecule has 1 aromatic carbocycles. The van der Waals surface area contributed by atoms with E-state index in [2.05, 4.69) is 0 Å². The van der Waals surface area contributed by atoms with E-state index in [4.69, 9.17) is 17.0 Å². The molecule has 0 saturated carbocycles. The van der Waals surface area contributed by atoms with E-state index in [0.29, 0.717) is 17.7 Å². The summed E-state index contributed by atoms with van der Waals surface area (Å²) in [4.78, 5) is 15.9. The molecule has 0 aromatic heterocycles. The Morgan fingerprint density at radius 1 is 1.47 bits per heavy atom. The summed E-state index contributed by atoms with van der Waals surface area (Å²) in [5.41, 5.74) is 1.62. The zero-order valence-corrected chi connectivity index (χ0v) is 12.1. The second-order valence-electron chi connectivity index (χ2n) is 4.51. The fraction of sp³-hybridized carbons (Fsp3) is 0.286. The van der Waals surface area contributed by atoms with E-state index < -0.39 is 0 Å². The van der Waals surface area contributed by atoms with Gasteiger partial charge in [-0.15, -0.1) is 11.8 Å². The first-order chi connectivity index (χ1) is 9.16. The van der Waals surface area contributed by atoms with Crippen LogP contribution in [0.3, 0.4) is 0 Å². The summed E-state index contributed by atoms with van der Waals surface area (Å²) in [6.07, 6.45) is 0.882. The molecule has 1 saturated heterocycles. The maximum absolute atomic E-state index is 12.2. The van der Waals surface area contributed by atoms with Gasteiger partial charge in [0.15, 0.2) is 0 Å². The fourth-order valence-electron chi connectivity index (χ4n) is 2.21. The number of esters is 1. The zero-order chi connectivity index (χ0) is 13.4. The molecule has 0 spiro atoms. The largest absolute Gasteiger partial charge is 0.456 e. The van der Waals surface area contributed by atoms with E-state index in [-0.39, 0.29) is 5.97 Å². The molecule has 1 fully saturated rings. The summed E-state index contributed by atoms with van der Waals surface area (Å²) in [5.74, 6) is -0.279. The first-order valence-electron chi connectivity index (χ1n) is 6.07. The van der Waals surface area contributed by atoms with Crippen molar-refractivity contribution < 1.29 is 9.53 Å². The number of rotatable bonds is 3. The average Bonchev–Trinajstić information content (AvgIpc) is 2.68. The molecule has 0 unspecified atom stereocenters. The summed E-state index contributed by atoms with van der Waals surface area (Å²) in [5, 5.41) is 0.312. The zero-order valence-electron chi connectivity index (χ0n) is 10.5. The fourth-order valence-corrected chi connectivity index (χ4v) is 4.04. The molecule has 2 heterocycles. The van der Waals surface area contributed by atoms with Gasteiger partial charge in [-0.05, 0) is 12.5 Å². The normalized spacial score (nSPS) is 21.2. The molecule has 1 aromatic rings. The van der Waals surface area contributed by atoms with Gasteiger partial charge in [0.05, 0.1) is 10.4 Å². The van der Waals surface area contributed by atoms with Crippen LogP contribution in [0, 0.1) is 0 Å². The van der Waals surface area contributed by atoms with Crippen molar-refractivity contribution in [3.63, 3.8) is 0 Å². The minimum absolute atomic E-state index is 0.279. The number of benzene rings is 1. The molecule has 0 N–H and O–H groups in total. The van der Waals surface area contributed by atoms with Crippen LogP contribution in [0.1, 0.15) is 18.9 Å². The van der Waals surface area contributed by atoms with Crippen LogP contribution in [0.25, 0.3) is 0 Å². The Morgan fingerprint density at radius 3 is 2.89 bits per heavy atom. The topological polar surface area (TPSA) is 29.5 Å². The molecule has 3 nitrogen and oxygen atoms in total. The summed E-state index contributed by atoms with van der Waals surface area (Å²) < 4.78 is 5.37. The highest BCUT2D eigenvalue weighted by atomic mass is 32.2. The Bertz CT molecular complexity index is 568. The predicted molar refractivity (Wildman–Crippen MR) is 79.4 cm³/mol. The van der Waals surface area contributed by atoms with Crippen molar-refractivity contribution in [1.82, 2.24) is 4.90 Å². The van der Waals surface area contributed by atoms with Crippen LogP contribution in [-0.4, -0.2) is 21.2 Å². The molecule has 2 aliphatic heterocycles. The number of carbonyl (C=O) groups is 1. The molecular formula is C14H13NO2S2. The van der Waals surface area contributed by atoms with Crippen LogP contribution in [0.15, 0.2) is 40.9 Å². The molecule has 98 valence electrons. The lowest BCUT2D eigenvalue weighted by molar-refractivity contribution is -0.141. The molecule has 1 atom stereocenters. The highest BCUT2D eigenvalue weighted by molar-refractivity contribution is 8.04. The number of carbonyl (C=O) groups excluding carboxylic acids is 1. The number of thiocarbonyl (C=S) groups is 1. The molecule has 19 heavy (non-hydrogen) atoms. The molecule has 0 amide bonds. The minimum Gasteiger partial charge on any atom is -0.456 e. The van der Waals surface area contributed by atoms with Gasteiger partial charge in [-0.2, -0.15) is 0 Å². The summed E-state index contributed by atoms with van der Waals surface area (Å²) in [7, 11) is 0. The Morgan fingerprint density at radius 2 is 2.21 bits per heavy atom. The van der Waals surface area contributed by atoms with E-state index >= 15 is 0 Å². The molecule has 0 bridgehead atoms. The summed E-state index contributed by atoms with van der Waals surface area (Å²) >= 11 is 6.91. The number of allylic oxidation sites excluding steroid dienone is 1. The maximum atomic E-state index is 12.2. The van der Waals surface area contributed by atoms with Crippen LogP contribution in [-0.2, 0) is 16.1 Å². The van der Waals surface area contributed by atoms with Gasteiger partial charge in [-0.25, -0.2) is 4.79 Å². The quantitative estimate of drug-likeness (QED) is 0.631. The van der Waals surface area contributed by atoms with Gasteiger partial charge >= 0.3 is 5.97 Å². The number of fused-ring (bicyclic) bond motifs is 1. The SMILES string of the molecule is CC1=C(C(=O)OCc2ccccc2)N2C(=S)C[C@@H]2S1. The van der Waals surface area contributed by atoms with E-state index in [1.54, 1.807) is 11.8 Å². The Balaban J connectivity index is 1.68. The molecule has 0 aliphatic carbocycles. The van der Waals surface area contributed by atoms with E-state index in [0.717, 1.165) is 21.9 Å². The molecule has 5 heteroatoms. The smallest absolute Gasteiger partial charge is 0.356 e. The second kappa shape index (κ2) is 4.98. The monoisotopic (exact) mass is 291 g/mol. The average molecular weight is 291 g/mol. The van der Waals surface area contributed by atoms with Gasteiger partial charge in [0.2, 0.25) is 0 Å². The molecule has 3 rings (SSSR count). The van der Waals surface area contributed by atoms with Crippen molar-refractivity contribution in [2.75, 3.05) is 0 Å². The third kappa shape index (κ3) is 2.28. The van der Waals surface area contributed by atoms with Crippen LogP contribution in [0.4, 0.5) is 0 Å². The predicted octanol–water partition coefficient (Wildman–Crippen LogP) is 3.07. The van der Waals surface area contributed by atoms with E-state index in [9.17, 15) is 4.79 Å².